The lowest BCUT2D eigenvalue weighted by molar-refractivity contribution is -0.912. The van der Waals surface area contributed by atoms with E-state index in [0.29, 0.717) is 0 Å². The smallest absolute Gasteiger partial charge is 0.480 e. The molecule has 3 fully saturated rings. The van der Waals surface area contributed by atoms with Gasteiger partial charge in [0.2, 0.25) is 0 Å². The van der Waals surface area contributed by atoms with E-state index in [0.717, 1.165) is 4.13 Å². The largest absolute Gasteiger partial charge is 0.812 e. The van der Waals surface area contributed by atoms with E-state index in [2.05, 4.69) is 53.7 Å². The van der Waals surface area contributed by atoms with Gasteiger partial charge in [-0.05, 0) is 78.6 Å². The lowest BCUT2D eigenvalue weighted by Crippen LogP contribution is -2.47. The van der Waals surface area contributed by atoms with Gasteiger partial charge in [0.15, 0.2) is 20.0 Å². The molecule has 21 heteroatoms. The average molecular weight is 777 g/mol. The summed E-state index contributed by atoms with van der Waals surface area (Å²) in [5.41, 5.74) is -12.4. The molecule has 286 valence electrons. The van der Waals surface area contributed by atoms with Crippen molar-refractivity contribution in [2.75, 3.05) is 80.0 Å². The van der Waals surface area contributed by atoms with Crippen LogP contribution in [-0.2, 0) is 31.9 Å². The van der Waals surface area contributed by atoms with Crippen molar-refractivity contribution in [3.63, 3.8) is 0 Å². The van der Waals surface area contributed by atoms with E-state index in [1.54, 1.807) is 0 Å². The van der Waals surface area contributed by atoms with Gasteiger partial charge in [0.1, 0.15) is 0 Å². The van der Waals surface area contributed by atoms with Gasteiger partial charge in [0.25, 0.3) is 0 Å². The van der Waals surface area contributed by atoms with Crippen molar-refractivity contribution >= 4 is 38.6 Å². The van der Waals surface area contributed by atoms with E-state index in [-0.39, 0.29) is 0 Å². The molecule has 0 aromatic carbocycles. The predicted molar refractivity (Wildman–Crippen MR) is 171 cm³/mol. The molecule has 3 aliphatic rings. The third-order valence-corrected chi connectivity index (χ3v) is 11.5. The Hall–Kier alpha value is -0.150. The van der Waals surface area contributed by atoms with Crippen LogP contribution in [0.15, 0.2) is 0 Å². The maximum atomic E-state index is 11.4. The molecule has 0 spiro atoms. The number of alkyl halides is 6. The lowest BCUT2D eigenvalue weighted by atomic mass is 10.1. The SMILES string of the molecule is CC[N+]1(C)CCCCC1.CC[N+]1(C)CCCCC1.CC[N+]1(C)CCCCC1.O=S(=O)([N-]S(=O)(=O)C(F)(F)F)C(F)(F)F.[O-]P([O-])(O)=S. The highest BCUT2D eigenvalue weighted by molar-refractivity contribution is 8.13. The summed E-state index contributed by atoms with van der Waals surface area (Å²) in [5, 5.41) is 0. The molecule has 1 N–H and O–H groups in total. The van der Waals surface area contributed by atoms with Crippen molar-refractivity contribution in [3.8, 4) is 0 Å². The number of halogens is 6. The molecule has 0 radical (unpaired) electrons. The Labute approximate surface area is 283 Å². The van der Waals surface area contributed by atoms with E-state index in [1.165, 1.54) is 130 Å². The normalized spacial score (nSPS) is 21.1. The number of hydrogen-bond donors (Lipinski definition) is 1. The maximum Gasteiger partial charge on any atom is 0.480 e. The minimum Gasteiger partial charge on any atom is -0.812 e. The fraction of sp³-hybridized carbons (Fsp3) is 1.00. The second-order valence-electron chi connectivity index (χ2n) is 12.7. The lowest BCUT2D eigenvalue weighted by Gasteiger charge is -2.36. The van der Waals surface area contributed by atoms with Gasteiger partial charge in [-0.25, -0.2) is 16.8 Å². The van der Waals surface area contributed by atoms with E-state index in [1.807, 2.05) is 0 Å². The Bertz CT molecular complexity index is 1030. The second kappa shape index (κ2) is 20.6. The Morgan fingerprint density at radius 2 is 0.766 bits per heavy atom. The molecule has 47 heavy (non-hydrogen) atoms. The Kier molecular flexibility index (Phi) is 21.5. The standard InChI is InChI=1S/3C8H18N.C2F6NO4S2.H3O3PS/c3*1-3-9(2)7-5-4-6-8-9;3-1(4,5)14(10,11)9-15(12,13)2(6,7)8;1-4(2,3)5/h3*3-8H2,1-2H3;;(H3,1,2,3,5)/q3*+1;-1;/p-2. The zero-order chi connectivity index (χ0) is 37.4. The molecule has 0 aliphatic carbocycles. The minimum absolute atomic E-state index is 0.778. The first-order valence-corrected chi connectivity index (χ1v) is 21.1. The van der Waals surface area contributed by atoms with Crippen molar-refractivity contribution in [1.82, 2.24) is 0 Å². The Morgan fingerprint density at radius 1 is 0.596 bits per heavy atom. The van der Waals surface area contributed by atoms with E-state index < -0.39 is 37.8 Å². The molecule has 3 rings (SSSR count). The summed E-state index contributed by atoms with van der Waals surface area (Å²) in [6, 6.07) is 0. The highest BCUT2D eigenvalue weighted by Gasteiger charge is 2.47. The highest BCUT2D eigenvalue weighted by atomic mass is 32.5. The number of nitrogens with zero attached hydrogens (tertiary/aromatic N) is 4. The third-order valence-electron chi connectivity index (χ3n) is 8.76. The zero-order valence-electron chi connectivity index (χ0n) is 28.4. The summed E-state index contributed by atoms with van der Waals surface area (Å²) < 4.78 is 113. The Morgan fingerprint density at radius 3 is 0.872 bits per heavy atom. The fourth-order valence-corrected chi connectivity index (χ4v) is 6.70. The highest BCUT2D eigenvalue weighted by Crippen LogP contribution is 2.36. The van der Waals surface area contributed by atoms with Gasteiger partial charge in [0, 0.05) is 0 Å². The van der Waals surface area contributed by atoms with E-state index >= 15 is 0 Å². The van der Waals surface area contributed by atoms with E-state index in [9.17, 15) is 43.2 Å². The molecule has 0 saturated carbocycles. The van der Waals surface area contributed by atoms with Crippen LogP contribution in [0.25, 0.3) is 4.13 Å². The molecular formula is C26H55F6N4O7PS3. The second-order valence-corrected chi connectivity index (χ2v) is 18.5. The van der Waals surface area contributed by atoms with Crippen LogP contribution in [0.1, 0.15) is 78.6 Å². The molecule has 0 amide bonds. The number of piperidine rings is 3. The monoisotopic (exact) mass is 776 g/mol. The van der Waals surface area contributed by atoms with Gasteiger partial charge in [-0.2, -0.15) is 26.3 Å². The van der Waals surface area contributed by atoms with Gasteiger partial charge < -0.3 is 32.3 Å². The van der Waals surface area contributed by atoms with Gasteiger partial charge in [-0.15, -0.1) is 11.8 Å². The van der Waals surface area contributed by atoms with Crippen LogP contribution in [0.2, 0.25) is 0 Å². The van der Waals surface area contributed by atoms with Gasteiger partial charge >= 0.3 is 11.0 Å². The number of likely N-dealkylation sites (tertiary alicyclic amines) is 3. The van der Waals surface area contributed by atoms with Gasteiger partial charge in [-0.1, -0.05) is 6.72 Å². The van der Waals surface area contributed by atoms with Gasteiger partial charge in [-0.3, -0.25) is 0 Å². The van der Waals surface area contributed by atoms with E-state index in [4.69, 9.17) is 14.7 Å². The summed E-state index contributed by atoms with van der Waals surface area (Å²) in [6.07, 6.45) is 13.1. The van der Waals surface area contributed by atoms with Crippen LogP contribution in [0.4, 0.5) is 26.3 Å². The number of hydrogen-bond acceptors (Lipinski definition) is 7. The molecule has 3 heterocycles. The molecular weight excluding hydrogens is 721 g/mol. The number of rotatable bonds is 5. The fourth-order valence-electron chi connectivity index (χ4n) is 4.99. The topological polar surface area (TPSA) is 149 Å². The third kappa shape index (κ3) is 22.3. The zero-order valence-corrected chi connectivity index (χ0v) is 31.7. The molecule has 0 atom stereocenters. The molecule has 0 aromatic rings. The predicted octanol–water partition coefficient (Wildman–Crippen LogP) is 3.89. The van der Waals surface area contributed by atoms with Crippen LogP contribution < -0.4 is 9.79 Å². The first kappa shape index (κ1) is 49.0. The molecule has 0 unspecified atom stereocenters. The van der Waals surface area contributed by atoms with Crippen LogP contribution in [-0.4, -0.2) is 126 Å². The summed E-state index contributed by atoms with van der Waals surface area (Å²) in [5.74, 6) is 0. The average Bonchev–Trinajstić information content (AvgIpc) is 2.93. The van der Waals surface area contributed by atoms with Crippen molar-refractivity contribution < 1.29 is 71.3 Å². The Balaban J connectivity index is 0. The molecule has 3 aliphatic heterocycles. The first-order chi connectivity index (χ1) is 21.0. The van der Waals surface area contributed by atoms with Crippen molar-refractivity contribution in [1.29, 1.82) is 0 Å². The summed E-state index contributed by atoms with van der Waals surface area (Å²) in [7, 11) is -6.32. The van der Waals surface area contributed by atoms with Crippen LogP contribution >= 0.6 is 6.72 Å². The van der Waals surface area contributed by atoms with Crippen LogP contribution in [0.5, 0.6) is 0 Å². The molecule has 0 bridgehead atoms. The van der Waals surface area contributed by atoms with Crippen LogP contribution in [0.3, 0.4) is 0 Å². The summed E-state index contributed by atoms with van der Waals surface area (Å²) >= 11 is 3.38. The number of quaternary nitrogens is 3. The van der Waals surface area contributed by atoms with Crippen molar-refractivity contribution in [2.45, 2.75) is 89.6 Å². The molecule has 3 saturated heterocycles. The van der Waals surface area contributed by atoms with Crippen molar-refractivity contribution in [3.05, 3.63) is 4.13 Å². The molecule has 0 aromatic heterocycles. The van der Waals surface area contributed by atoms with Crippen LogP contribution in [0, 0.1) is 0 Å². The minimum atomic E-state index is -6.72. The van der Waals surface area contributed by atoms with Gasteiger partial charge in [0.05, 0.1) is 80.0 Å². The summed E-state index contributed by atoms with van der Waals surface area (Å²) in [6.45, 7) is 15.0. The first-order valence-electron chi connectivity index (χ1n) is 15.6. The quantitative estimate of drug-likeness (QED) is 0.251. The van der Waals surface area contributed by atoms with Crippen molar-refractivity contribution in [2.24, 2.45) is 0 Å². The maximum absolute atomic E-state index is 11.4. The molecule has 11 nitrogen and oxygen atoms in total. The summed E-state index contributed by atoms with van der Waals surface area (Å²) in [4.78, 5) is 25.4. The number of sulfonamides is 2.